The predicted molar refractivity (Wildman–Crippen MR) is 101 cm³/mol. The lowest BCUT2D eigenvalue weighted by molar-refractivity contribution is -0.128. The van der Waals surface area contributed by atoms with Crippen LogP contribution in [0.2, 0.25) is 0 Å². The Morgan fingerprint density at radius 3 is 2.41 bits per heavy atom. The molecular formula is C18H27N3O5S. The van der Waals surface area contributed by atoms with Gasteiger partial charge in [-0.3, -0.25) is 9.59 Å². The van der Waals surface area contributed by atoms with Crippen LogP contribution < -0.4 is 10.6 Å². The molecule has 0 aliphatic carbocycles. The second kappa shape index (κ2) is 9.82. The van der Waals surface area contributed by atoms with Gasteiger partial charge in [-0.25, -0.2) is 8.42 Å². The van der Waals surface area contributed by atoms with E-state index in [1.165, 1.54) is 4.31 Å². The molecule has 1 aliphatic heterocycles. The number of carbonyl (C=O) groups is 2. The van der Waals surface area contributed by atoms with Crippen molar-refractivity contribution in [3.63, 3.8) is 0 Å². The van der Waals surface area contributed by atoms with Crippen molar-refractivity contribution in [3.8, 4) is 0 Å². The predicted octanol–water partition coefficient (Wildman–Crippen LogP) is 0.281. The summed E-state index contributed by atoms with van der Waals surface area (Å²) in [5.41, 5.74) is 0.858. The summed E-state index contributed by atoms with van der Waals surface area (Å²) < 4.78 is 31.8. The average molecular weight is 397 g/mol. The number of hydrogen-bond acceptors (Lipinski definition) is 5. The Morgan fingerprint density at radius 1 is 1.19 bits per heavy atom. The highest BCUT2D eigenvalue weighted by Crippen LogP contribution is 2.18. The maximum Gasteiger partial charge on any atom is 0.243 e. The number of likely N-dealkylation sites (N-methyl/N-ethyl adjacent to an activating group) is 1. The first-order chi connectivity index (χ1) is 12.8. The third kappa shape index (κ3) is 6.02. The van der Waals surface area contributed by atoms with Crippen molar-refractivity contribution in [1.29, 1.82) is 0 Å². The number of rotatable bonds is 8. The molecule has 2 rings (SSSR count). The van der Waals surface area contributed by atoms with Crippen molar-refractivity contribution >= 4 is 21.8 Å². The van der Waals surface area contributed by atoms with E-state index in [4.69, 9.17) is 4.74 Å². The van der Waals surface area contributed by atoms with Crippen molar-refractivity contribution in [1.82, 2.24) is 14.9 Å². The summed E-state index contributed by atoms with van der Waals surface area (Å²) in [6.45, 7) is 5.48. The first-order valence-corrected chi connectivity index (χ1v) is 10.5. The van der Waals surface area contributed by atoms with Crippen LogP contribution in [0.25, 0.3) is 0 Å². The zero-order valence-electron chi connectivity index (χ0n) is 15.7. The number of carbonyl (C=O) groups excluding carboxylic acids is 2. The van der Waals surface area contributed by atoms with Gasteiger partial charge in [0, 0.05) is 26.1 Å². The lowest BCUT2D eigenvalue weighted by Crippen LogP contribution is -2.44. The van der Waals surface area contributed by atoms with Gasteiger partial charge in [-0.1, -0.05) is 12.1 Å². The summed E-state index contributed by atoms with van der Waals surface area (Å²) in [4.78, 5) is 23.8. The third-order valence-electron chi connectivity index (χ3n) is 4.29. The van der Waals surface area contributed by atoms with Gasteiger partial charge >= 0.3 is 0 Å². The largest absolute Gasteiger partial charge is 0.379 e. The fourth-order valence-corrected chi connectivity index (χ4v) is 4.14. The number of ether oxygens (including phenoxy) is 1. The molecule has 1 fully saturated rings. The van der Waals surface area contributed by atoms with Crippen LogP contribution >= 0.6 is 0 Å². The molecule has 1 atom stereocenters. The highest BCUT2D eigenvalue weighted by molar-refractivity contribution is 7.89. The fourth-order valence-electron chi connectivity index (χ4n) is 2.73. The topological polar surface area (TPSA) is 105 Å². The molecule has 9 heteroatoms. The fraction of sp³-hybridized carbons (Fsp3) is 0.556. The first kappa shape index (κ1) is 21.3. The highest BCUT2D eigenvalue weighted by Gasteiger charge is 2.26. The Bertz CT molecular complexity index is 743. The maximum atomic E-state index is 12.6. The van der Waals surface area contributed by atoms with Crippen LogP contribution in [0.4, 0.5) is 0 Å². The van der Waals surface area contributed by atoms with Crippen molar-refractivity contribution in [3.05, 3.63) is 29.8 Å². The van der Waals surface area contributed by atoms with Crippen LogP contribution in [0.15, 0.2) is 29.2 Å². The van der Waals surface area contributed by atoms with Gasteiger partial charge in [0.1, 0.15) is 6.04 Å². The average Bonchev–Trinajstić information content (AvgIpc) is 2.67. The number of sulfonamides is 1. The lowest BCUT2D eigenvalue weighted by atomic mass is 10.1. The van der Waals surface area contributed by atoms with Crippen LogP contribution in [0.3, 0.4) is 0 Å². The van der Waals surface area contributed by atoms with Gasteiger partial charge < -0.3 is 15.4 Å². The second-order valence-corrected chi connectivity index (χ2v) is 8.28. The number of morpholine rings is 1. The molecule has 0 radical (unpaired) electrons. The number of amides is 2. The molecule has 0 saturated carbocycles. The van der Waals surface area contributed by atoms with E-state index in [1.807, 2.05) is 6.92 Å². The minimum absolute atomic E-state index is 0.219. The Balaban J connectivity index is 1.88. The SMILES string of the molecule is CCNC(=O)C(C)NC(=O)CCc1ccc(S(=O)(=O)N2CCOCC2)cc1. The minimum atomic E-state index is -3.51. The quantitative estimate of drug-likeness (QED) is 0.656. The summed E-state index contributed by atoms with van der Waals surface area (Å²) in [5.74, 6) is -0.442. The summed E-state index contributed by atoms with van der Waals surface area (Å²) in [6.07, 6.45) is 0.686. The van der Waals surface area contributed by atoms with Crippen LogP contribution in [-0.4, -0.2) is 63.4 Å². The van der Waals surface area contributed by atoms with Crippen LogP contribution in [0, 0.1) is 0 Å². The number of aryl methyl sites for hydroxylation is 1. The minimum Gasteiger partial charge on any atom is -0.379 e. The van der Waals surface area contributed by atoms with E-state index in [2.05, 4.69) is 10.6 Å². The molecule has 27 heavy (non-hydrogen) atoms. The van der Waals surface area contributed by atoms with E-state index in [1.54, 1.807) is 31.2 Å². The van der Waals surface area contributed by atoms with Crippen LogP contribution in [-0.2, 0) is 30.8 Å². The molecule has 0 spiro atoms. The van der Waals surface area contributed by atoms with Gasteiger partial charge in [-0.05, 0) is 38.0 Å². The molecule has 1 unspecified atom stereocenters. The smallest absolute Gasteiger partial charge is 0.243 e. The molecule has 1 aliphatic rings. The van der Waals surface area contributed by atoms with Gasteiger partial charge in [0.2, 0.25) is 21.8 Å². The molecule has 1 heterocycles. The van der Waals surface area contributed by atoms with E-state index in [0.717, 1.165) is 5.56 Å². The Hall–Kier alpha value is -1.97. The summed E-state index contributed by atoms with van der Waals surface area (Å²) in [6, 6.07) is 5.98. The number of hydrogen-bond donors (Lipinski definition) is 2. The van der Waals surface area contributed by atoms with Crippen LogP contribution in [0.1, 0.15) is 25.8 Å². The molecule has 0 aromatic heterocycles. The molecule has 1 aromatic carbocycles. The van der Waals surface area contributed by atoms with Crippen molar-refractivity contribution in [2.45, 2.75) is 37.6 Å². The van der Waals surface area contributed by atoms with Crippen molar-refractivity contribution in [2.75, 3.05) is 32.8 Å². The normalized spacial score (nSPS) is 16.5. The maximum absolute atomic E-state index is 12.6. The van der Waals surface area contributed by atoms with E-state index in [-0.39, 0.29) is 23.1 Å². The third-order valence-corrected chi connectivity index (χ3v) is 6.21. The second-order valence-electron chi connectivity index (χ2n) is 6.34. The van der Waals surface area contributed by atoms with E-state index >= 15 is 0 Å². The number of nitrogens with zero attached hydrogens (tertiary/aromatic N) is 1. The van der Waals surface area contributed by atoms with Gasteiger partial charge in [-0.15, -0.1) is 0 Å². The molecule has 8 nitrogen and oxygen atoms in total. The number of benzene rings is 1. The zero-order valence-corrected chi connectivity index (χ0v) is 16.5. The Labute approximate surface area is 160 Å². The summed E-state index contributed by atoms with van der Waals surface area (Å²) in [5, 5.41) is 5.30. The molecule has 1 saturated heterocycles. The van der Waals surface area contributed by atoms with Gasteiger partial charge in [0.15, 0.2) is 0 Å². The van der Waals surface area contributed by atoms with Gasteiger partial charge in [0.05, 0.1) is 18.1 Å². The summed E-state index contributed by atoms with van der Waals surface area (Å²) in [7, 11) is -3.51. The van der Waals surface area contributed by atoms with E-state index in [0.29, 0.717) is 39.3 Å². The van der Waals surface area contributed by atoms with E-state index in [9.17, 15) is 18.0 Å². The van der Waals surface area contributed by atoms with Crippen molar-refractivity contribution < 1.29 is 22.7 Å². The standard InChI is InChI=1S/C18H27N3O5S/c1-3-19-18(23)14(2)20-17(22)9-6-15-4-7-16(8-5-15)27(24,25)21-10-12-26-13-11-21/h4-5,7-8,14H,3,6,9-13H2,1-2H3,(H,19,23)(H,20,22). The number of nitrogens with one attached hydrogen (secondary N) is 2. The lowest BCUT2D eigenvalue weighted by Gasteiger charge is -2.26. The molecule has 2 N–H and O–H groups in total. The summed E-state index contributed by atoms with van der Waals surface area (Å²) >= 11 is 0. The molecule has 0 bridgehead atoms. The first-order valence-electron chi connectivity index (χ1n) is 9.08. The molecular weight excluding hydrogens is 370 g/mol. The molecule has 1 aromatic rings. The Morgan fingerprint density at radius 2 is 1.81 bits per heavy atom. The van der Waals surface area contributed by atoms with E-state index < -0.39 is 16.1 Å². The van der Waals surface area contributed by atoms with Crippen LogP contribution in [0.5, 0.6) is 0 Å². The van der Waals surface area contributed by atoms with Gasteiger partial charge in [0.25, 0.3) is 0 Å². The zero-order chi connectivity index (χ0) is 19.9. The molecule has 2 amide bonds. The monoisotopic (exact) mass is 397 g/mol. The molecule has 150 valence electrons. The highest BCUT2D eigenvalue weighted by atomic mass is 32.2. The van der Waals surface area contributed by atoms with Gasteiger partial charge in [-0.2, -0.15) is 4.31 Å². The Kier molecular flexibility index (Phi) is 7.76. The van der Waals surface area contributed by atoms with Crippen molar-refractivity contribution in [2.24, 2.45) is 0 Å².